The molecular formula is C16H30N2O10. The van der Waals surface area contributed by atoms with Crippen molar-refractivity contribution in [1.29, 1.82) is 0 Å². The second-order valence-electron chi connectivity index (χ2n) is 7.51. The predicted molar refractivity (Wildman–Crippen MR) is 90.7 cm³/mol. The third-order valence-corrected chi connectivity index (χ3v) is 5.80. The van der Waals surface area contributed by atoms with Crippen LogP contribution >= 0.6 is 0 Å². The molecule has 0 amide bonds. The van der Waals surface area contributed by atoms with Gasteiger partial charge in [-0.25, -0.2) is 0 Å². The van der Waals surface area contributed by atoms with Crippen molar-refractivity contribution in [3.05, 3.63) is 0 Å². The topological polar surface area (TPSA) is 187 Å². The second kappa shape index (κ2) is 9.12. The van der Waals surface area contributed by atoms with E-state index in [1.807, 2.05) is 0 Å². The average Bonchev–Trinajstić information content (AvgIpc) is 2.71. The molecule has 3 fully saturated rings. The highest BCUT2D eigenvalue weighted by Crippen LogP contribution is 2.27. The van der Waals surface area contributed by atoms with Crippen LogP contribution in [0, 0.1) is 0 Å². The Kier molecular flexibility index (Phi) is 7.23. The van der Waals surface area contributed by atoms with Crippen molar-refractivity contribution in [2.24, 2.45) is 0 Å². The average molecular weight is 410 g/mol. The molecule has 0 aromatic heterocycles. The molecule has 0 saturated carbocycles. The van der Waals surface area contributed by atoms with Crippen molar-refractivity contribution in [3.8, 4) is 0 Å². The predicted octanol–water partition coefficient (Wildman–Crippen LogP) is -5.80. The maximum Gasteiger partial charge on any atom is 0.140 e. The van der Waals surface area contributed by atoms with Crippen LogP contribution in [0.1, 0.15) is 0 Å². The van der Waals surface area contributed by atoms with Gasteiger partial charge in [-0.3, -0.25) is 9.80 Å². The minimum atomic E-state index is -1.46. The summed E-state index contributed by atoms with van der Waals surface area (Å²) >= 11 is 0. The first-order valence-electron chi connectivity index (χ1n) is 9.39. The molecule has 0 spiro atoms. The maximum absolute atomic E-state index is 10.2. The molecule has 3 aliphatic heterocycles. The first kappa shape index (κ1) is 22.2. The molecule has 0 aromatic carbocycles. The van der Waals surface area contributed by atoms with E-state index in [4.69, 9.17) is 9.47 Å². The molecule has 0 unspecified atom stereocenters. The Hall–Kier alpha value is -0.480. The van der Waals surface area contributed by atoms with Gasteiger partial charge >= 0.3 is 0 Å². The van der Waals surface area contributed by atoms with E-state index in [1.165, 1.54) is 0 Å². The highest BCUT2D eigenvalue weighted by Gasteiger charge is 2.48. The molecule has 3 heterocycles. The third kappa shape index (κ3) is 4.05. The summed E-state index contributed by atoms with van der Waals surface area (Å²) in [5.41, 5.74) is 0. The number of nitrogens with zero attached hydrogens (tertiary/aromatic N) is 2. The summed E-state index contributed by atoms with van der Waals surface area (Å²) in [5.74, 6) is 0. The van der Waals surface area contributed by atoms with Crippen molar-refractivity contribution in [3.63, 3.8) is 0 Å². The Balaban J connectivity index is 1.61. The molecular weight excluding hydrogens is 380 g/mol. The number of piperazine rings is 1. The first-order valence-corrected chi connectivity index (χ1v) is 9.39. The van der Waals surface area contributed by atoms with Crippen molar-refractivity contribution in [2.45, 2.75) is 61.3 Å². The van der Waals surface area contributed by atoms with E-state index in [0.717, 1.165) is 0 Å². The summed E-state index contributed by atoms with van der Waals surface area (Å²) in [7, 11) is 0. The van der Waals surface area contributed by atoms with Crippen molar-refractivity contribution in [1.82, 2.24) is 9.80 Å². The lowest BCUT2D eigenvalue weighted by molar-refractivity contribution is -0.283. The summed E-state index contributed by atoms with van der Waals surface area (Å²) in [6.07, 6.45) is -12.3. The summed E-state index contributed by atoms with van der Waals surface area (Å²) in [4.78, 5) is 3.48. The van der Waals surface area contributed by atoms with Crippen LogP contribution in [0.5, 0.6) is 0 Å². The fourth-order valence-electron chi connectivity index (χ4n) is 4.01. The van der Waals surface area contributed by atoms with Gasteiger partial charge in [0, 0.05) is 26.2 Å². The summed E-state index contributed by atoms with van der Waals surface area (Å²) in [5, 5.41) is 78.7. The number of aliphatic hydroxyl groups is 8. The lowest BCUT2D eigenvalue weighted by Gasteiger charge is -2.50. The molecule has 0 radical (unpaired) electrons. The van der Waals surface area contributed by atoms with Gasteiger partial charge in [0.05, 0.1) is 13.2 Å². The smallest absolute Gasteiger partial charge is 0.140 e. The molecule has 28 heavy (non-hydrogen) atoms. The highest BCUT2D eigenvalue weighted by molar-refractivity contribution is 4.95. The summed E-state index contributed by atoms with van der Waals surface area (Å²) in [6.45, 7) is 0.364. The molecule has 12 nitrogen and oxygen atoms in total. The zero-order valence-electron chi connectivity index (χ0n) is 15.3. The molecule has 3 aliphatic rings. The molecule has 12 heteroatoms. The van der Waals surface area contributed by atoms with Gasteiger partial charge < -0.3 is 50.3 Å². The van der Waals surface area contributed by atoms with E-state index < -0.39 is 74.5 Å². The van der Waals surface area contributed by atoms with Gasteiger partial charge in [-0.1, -0.05) is 0 Å². The third-order valence-electron chi connectivity index (χ3n) is 5.80. The van der Waals surface area contributed by atoms with Gasteiger partial charge in [-0.2, -0.15) is 0 Å². The zero-order valence-corrected chi connectivity index (χ0v) is 15.3. The molecule has 3 rings (SSSR count). The van der Waals surface area contributed by atoms with Crippen LogP contribution < -0.4 is 0 Å². The van der Waals surface area contributed by atoms with Crippen LogP contribution in [0.4, 0.5) is 0 Å². The largest absolute Gasteiger partial charge is 0.394 e. The summed E-state index contributed by atoms with van der Waals surface area (Å²) < 4.78 is 11.1. The van der Waals surface area contributed by atoms with E-state index >= 15 is 0 Å². The number of aliphatic hydroxyl groups excluding tert-OH is 8. The van der Waals surface area contributed by atoms with Crippen molar-refractivity contribution < 1.29 is 50.3 Å². The fourth-order valence-corrected chi connectivity index (χ4v) is 4.01. The number of hydrogen-bond donors (Lipinski definition) is 8. The first-order chi connectivity index (χ1) is 13.3. The van der Waals surface area contributed by atoms with Gasteiger partial charge in [0.15, 0.2) is 0 Å². The zero-order chi connectivity index (χ0) is 20.6. The normalized spacial score (nSPS) is 49.3. The van der Waals surface area contributed by atoms with E-state index in [1.54, 1.807) is 9.80 Å². The van der Waals surface area contributed by atoms with Gasteiger partial charge in [-0.05, 0) is 0 Å². The van der Waals surface area contributed by atoms with E-state index in [9.17, 15) is 40.9 Å². The lowest BCUT2D eigenvalue weighted by atomic mass is 9.96. The second-order valence-corrected chi connectivity index (χ2v) is 7.51. The molecule has 0 aliphatic carbocycles. The van der Waals surface area contributed by atoms with Crippen LogP contribution in [0.3, 0.4) is 0 Å². The Morgan fingerprint density at radius 2 is 0.857 bits per heavy atom. The van der Waals surface area contributed by atoms with Crippen molar-refractivity contribution in [2.75, 3.05) is 39.4 Å². The molecule has 8 N–H and O–H groups in total. The van der Waals surface area contributed by atoms with E-state index in [0.29, 0.717) is 26.2 Å². The van der Waals surface area contributed by atoms with Gasteiger partial charge in [0.2, 0.25) is 0 Å². The SMILES string of the molecule is OC[C@@H]1O[C@H](N2CCN([C@@H]3O[C@H](CO)[C@@H](O)[C@H](O)[C@H]3O)CC2)[C@@H](O)[C@H](O)[C@H]1O. The van der Waals surface area contributed by atoms with E-state index in [-0.39, 0.29) is 0 Å². The summed E-state index contributed by atoms with van der Waals surface area (Å²) in [6, 6.07) is 0. The molecule has 3 saturated heterocycles. The minimum absolute atomic E-state index is 0.345. The molecule has 0 bridgehead atoms. The molecule has 164 valence electrons. The van der Waals surface area contributed by atoms with Crippen LogP contribution in [0.25, 0.3) is 0 Å². The Morgan fingerprint density at radius 3 is 1.14 bits per heavy atom. The Labute approximate surface area is 161 Å². The quantitative estimate of drug-likeness (QED) is 0.220. The van der Waals surface area contributed by atoms with Crippen LogP contribution in [-0.4, -0.2) is 151 Å². The molecule has 10 atom stereocenters. The van der Waals surface area contributed by atoms with Gasteiger partial charge in [-0.15, -0.1) is 0 Å². The standard InChI is InChI=1S/C16H30N2O10/c19-5-7-9(21)11(23)13(25)15(27-7)17-1-2-18(4-3-17)16-14(26)12(24)10(22)8(6-20)28-16/h7-16,19-26H,1-6H2/t7-,8+,9-,10+,11+,12-,13-,14+,15-,16+. The molecule has 0 aromatic rings. The van der Waals surface area contributed by atoms with Crippen molar-refractivity contribution >= 4 is 0 Å². The van der Waals surface area contributed by atoms with Crippen LogP contribution in [-0.2, 0) is 9.47 Å². The monoisotopic (exact) mass is 410 g/mol. The Bertz CT molecular complexity index is 460. The number of rotatable bonds is 4. The Morgan fingerprint density at radius 1 is 0.536 bits per heavy atom. The van der Waals surface area contributed by atoms with Crippen LogP contribution in [0.15, 0.2) is 0 Å². The van der Waals surface area contributed by atoms with Crippen LogP contribution in [0.2, 0.25) is 0 Å². The van der Waals surface area contributed by atoms with E-state index in [2.05, 4.69) is 0 Å². The number of ether oxygens (including phenoxy) is 2. The fraction of sp³-hybridized carbons (Fsp3) is 1.00. The lowest BCUT2D eigenvalue weighted by Crippen LogP contribution is -2.68. The minimum Gasteiger partial charge on any atom is -0.394 e. The number of hydrogen-bond acceptors (Lipinski definition) is 12. The highest BCUT2D eigenvalue weighted by atomic mass is 16.6. The van der Waals surface area contributed by atoms with Gasteiger partial charge in [0.25, 0.3) is 0 Å². The van der Waals surface area contributed by atoms with Gasteiger partial charge in [0.1, 0.15) is 61.3 Å². The maximum atomic E-state index is 10.2.